The van der Waals surface area contributed by atoms with E-state index in [9.17, 15) is 9.18 Å². The summed E-state index contributed by atoms with van der Waals surface area (Å²) in [5.41, 5.74) is 0.0321. The first-order valence-corrected chi connectivity index (χ1v) is 8.16. The molecule has 0 aliphatic heterocycles. The van der Waals surface area contributed by atoms with Crippen LogP contribution >= 0.6 is 0 Å². The van der Waals surface area contributed by atoms with E-state index in [4.69, 9.17) is 9.15 Å². The summed E-state index contributed by atoms with van der Waals surface area (Å²) in [7, 11) is 0. The highest BCUT2D eigenvalue weighted by Gasteiger charge is 2.29. The molecule has 0 bridgehead atoms. The molecule has 0 radical (unpaired) electrons. The van der Waals surface area contributed by atoms with Crippen molar-refractivity contribution in [2.45, 2.75) is 51.7 Å². The molecule has 0 atom stereocenters. The highest BCUT2D eigenvalue weighted by molar-refractivity contribution is 5.85. The van der Waals surface area contributed by atoms with Crippen molar-refractivity contribution in [3.8, 4) is 0 Å². The minimum Gasteiger partial charge on any atom is -0.444 e. The number of aromatic nitrogens is 2. The normalized spacial score (nSPS) is 14.2. The number of carbonyl (C=O) groups excluding carboxylic acids is 1. The van der Waals surface area contributed by atoms with Crippen LogP contribution in [0.15, 0.2) is 22.6 Å². The molecule has 0 unspecified atom stereocenters. The Labute approximate surface area is 145 Å². The first-order valence-electron chi connectivity index (χ1n) is 8.16. The summed E-state index contributed by atoms with van der Waals surface area (Å²) >= 11 is 0. The Bertz CT molecular complexity index is 765. The van der Waals surface area contributed by atoms with Gasteiger partial charge in [0.1, 0.15) is 11.4 Å². The summed E-state index contributed by atoms with van der Waals surface area (Å²) in [4.78, 5) is 11.8. The SMILES string of the molecule is CC(C)(C)OC(=O)Nc1ccc(F)c(NCc2nnc(C3CC3)o2)c1. The molecule has 25 heavy (non-hydrogen) atoms. The van der Waals surface area contributed by atoms with E-state index in [2.05, 4.69) is 20.8 Å². The van der Waals surface area contributed by atoms with Gasteiger partial charge in [0.2, 0.25) is 11.8 Å². The zero-order valence-electron chi connectivity index (χ0n) is 14.4. The lowest BCUT2D eigenvalue weighted by atomic mass is 10.2. The number of amides is 1. The lowest BCUT2D eigenvalue weighted by Gasteiger charge is -2.19. The van der Waals surface area contributed by atoms with Crippen LogP contribution in [0.5, 0.6) is 0 Å². The van der Waals surface area contributed by atoms with Crippen LogP contribution in [0.3, 0.4) is 0 Å². The van der Waals surface area contributed by atoms with E-state index in [0.717, 1.165) is 12.8 Å². The van der Waals surface area contributed by atoms with Gasteiger partial charge in [0.15, 0.2) is 0 Å². The van der Waals surface area contributed by atoms with Crippen LogP contribution in [0.2, 0.25) is 0 Å². The van der Waals surface area contributed by atoms with Gasteiger partial charge in [-0.05, 0) is 51.8 Å². The number of hydrogen-bond donors (Lipinski definition) is 2. The second-order valence-corrected chi connectivity index (χ2v) is 6.98. The van der Waals surface area contributed by atoms with Gasteiger partial charge >= 0.3 is 6.09 Å². The fourth-order valence-electron chi connectivity index (χ4n) is 2.16. The molecule has 1 fully saturated rings. The Hall–Kier alpha value is -2.64. The van der Waals surface area contributed by atoms with Crippen molar-refractivity contribution in [2.75, 3.05) is 10.6 Å². The van der Waals surface area contributed by atoms with Gasteiger partial charge in [-0.1, -0.05) is 0 Å². The number of nitrogens with zero attached hydrogens (tertiary/aromatic N) is 2. The van der Waals surface area contributed by atoms with Crippen molar-refractivity contribution in [3.05, 3.63) is 35.8 Å². The molecule has 1 heterocycles. The average molecular weight is 348 g/mol. The lowest BCUT2D eigenvalue weighted by molar-refractivity contribution is 0.0636. The van der Waals surface area contributed by atoms with Crippen LogP contribution < -0.4 is 10.6 Å². The Morgan fingerprint density at radius 3 is 2.80 bits per heavy atom. The summed E-state index contributed by atoms with van der Waals surface area (Å²) in [5.74, 6) is 0.959. The van der Waals surface area contributed by atoms with Crippen molar-refractivity contribution in [2.24, 2.45) is 0 Å². The van der Waals surface area contributed by atoms with Crippen LogP contribution in [0.4, 0.5) is 20.6 Å². The van der Waals surface area contributed by atoms with E-state index in [1.165, 1.54) is 18.2 Å². The number of benzene rings is 1. The number of rotatable bonds is 5. The second kappa shape index (κ2) is 6.70. The predicted molar refractivity (Wildman–Crippen MR) is 89.9 cm³/mol. The third-order valence-corrected chi connectivity index (χ3v) is 3.45. The average Bonchev–Trinajstić information content (AvgIpc) is 3.25. The smallest absolute Gasteiger partial charge is 0.412 e. The fourth-order valence-corrected chi connectivity index (χ4v) is 2.16. The zero-order valence-corrected chi connectivity index (χ0v) is 14.4. The first-order chi connectivity index (χ1) is 11.8. The molecule has 0 saturated heterocycles. The zero-order chi connectivity index (χ0) is 18.0. The van der Waals surface area contributed by atoms with Gasteiger partial charge < -0.3 is 14.5 Å². The molecule has 3 rings (SSSR count). The molecule has 1 aromatic heterocycles. The van der Waals surface area contributed by atoms with Gasteiger partial charge in [0, 0.05) is 11.6 Å². The van der Waals surface area contributed by atoms with E-state index >= 15 is 0 Å². The standard InChI is InChI=1S/C17H21FN4O3/c1-17(2,3)25-16(23)20-11-6-7-12(18)13(8-11)19-9-14-21-22-15(24-14)10-4-5-10/h6-8,10,19H,4-5,9H2,1-3H3,(H,20,23). The van der Waals surface area contributed by atoms with E-state index in [-0.39, 0.29) is 12.2 Å². The quantitative estimate of drug-likeness (QED) is 0.847. The summed E-state index contributed by atoms with van der Waals surface area (Å²) < 4.78 is 24.6. The summed E-state index contributed by atoms with van der Waals surface area (Å²) in [5, 5.41) is 13.4. The number of anilines is 2. The van der Waals surface area contributed by atoms with Gasteiger partial charge in [-0.25, -0.2) is 9.18 Å². The van der Waals surface area contributed by atoms with Crippen LogP contribution in [-0.4, -0.2) is 21.9 Å². The highest BCUT2D eigenvalue weighted by Crippen LogP contribution is 2.39. The topological polar surface area (TPSA) is 89.3 Å². The minimum absolute atomic E-state index is 0.201. The number of hydrogen-bond acceptors (Lipinski definition) is 6. The number of nitrogens with one attached hydrogen (secondary N) is 2. The summed E-state index contributed by atoms with van der Waals surface area (Å²) in [6.07, 6.45) is 1.54. The number of ether oxygens (including phenoxy) is 1. The summed E-state index contributed by atoms with van der Waals surface area (Å²) in [6.45, 7) is 5.51. The molecule has 0 spiro atoms. The Morgan fingerprint density at radius 2 is 2.12 bits per heavy atom. The number of halogens is 1. The molecule has 1 amide bonds. The van der Waals surface area contributed by atoms with E-state index in [0.29, 0.717) is 23.4 Å². The third-order valence-electron chi connectivity index (χ3n) is 3.45. The molecule has 1 saturated carbocycles. The minimum atomic E-state index is -0.609. The monoisotopic (exact) mass is 348 g/mol. The maximum atomic E-state index is 14.0. The van der Waals surface area contributed by atoms with E-state index in [1.54, 1.807) is 20.8 Å². The largest absolute Gasteiger partial charge is 0.444 e. The van der Waals surface area contributed by atoms with Gasteiger partial charge in [0.05, 0.1) is 12.2 Å². The third kappa shape index (κ3) is 4.91. The van der Waals surface area contributed by atoms with Crippen molar-refractivity contribution in [1.29, 1.82) is 0 Å². The molecule has 2 N–H and O–H groups in total. The molecule has 8 heteroatoms. The summed E-state index contributed by atoms with van der Waals surface area (Å²) in [6, 6.07) is 4.21. The molecule has 2 aromatic rings. The molecule has 134 valence electrons. The second-order valence-electron chi connectivity index (χ2n) is 6.98. The first kappa shape index (κ1) is 17.2. The van der Waals surface area contributed by atoms with Gasteiger partial charge in [-0.3, -0.25) is 5.32 Å². The molecule has 1 aromatic carbocycles. The molecule has 7 nitrogen and oxygen atoms in total. The van der Waals surface area contributed by atoms with Gasteiger partial charge in [-0.15, -0.1) is 10.2 Å². The maximum absolute atomic E-state index is 14.0. The van der Waals surface area contributed by atoms with E-state index < -0.39 is 17.5 Å². The molecule has 1 aliphatic rings. The molecular formula is C17H21FN4O3. The highest BCUT2D eigenvalue weighted by atomic mass is 19.1. The van der Waals surface area contributed by atoms with Crippen molar-refractivity contribution in [3.63, 3.8) is 0 Å². The molecule has 1 aliphatic carbocycles. The van der Waals surface area contributed by atoms with Crippen LogP contribution in [0, 0.1) is 5.82 Å². The van der Waals surface area contributed by atoms with E-state index in [1.807, 2.05) is 0 Å². The number of carbonyl (C=O) groups is 1. The Morgan fingerprint density at radius 1 is 1.36 bits per heavy atom. The van der Waals surface area contributed by atoms with Gasteiger partial charge in [0.25, 0.3) is 0 Å². The Balaban J connectivity index is 1.61. The Kier molecular flexibility index (Phi) is 4.61. The van der Waals surface area contributed by atoms with Gasteiger partial charge in [-0.2, -0.15) is 0 Å². The molecular weight excluding hydrogens is 327 g/mol. The predicted octanol–water partition coefficient (Wildman–Crippen LogP) is 4.05. The van der Waals surface area contributed by atoms with Crippen molar-refractivity contribution >= 4 is 17.5 Å². The maximum Gasteiger partial charge on any atom is 0.412 e. The van der Waals surface area contributed by atoms with Crippen LogP contribution in [0.25, 0.3) is 0 Å². The van der Waals surface area contributed by atoms with Crippen LogP contribution in [-0.2, 0) is 11.3 Å². The van der Waals surface area contributed by atoms with Crippen molar-refractivity contribution in [1.82, 2.24) is 10.2 Å². The lowest BCUT2D eigenvalue weighted by Crippen LogP contribution is -2.27. The van der Waals surface area contributed by atoms with Crippen molar-refractivity contribution < 1.29 is 18.3 Å². The fraction of sp³-hybridized carbons (Fsp3) is 0.471. The van der Waals surface area contributed by atoms with Crippen LogP contribution in [0.1, 0.15) is 51.3 Å².